The Hall–Kier alpha value is -1.36. The van der Waals surface area contributed by atoms with E-state index in [-0.39, 0.29) is 6.61 Å². The predicted molar refractivity (Wildman–Crippen MR) is 58.1 cm³/mol. The lowest BCUT2D eigenvalue weighted by atomic mass is 10.1. The van der Waals surface area contributed by atoms with Gasteiger partial charge in [0.2, 0.25) is 5.88 Å². The van der Waals surface area contributed by atoms with Gasteiger partial charge < -0.3 is 15.2 Å². The molecular formula is C10H17N3O2. The van der Waals surface area contributed by atoms with E-state index in [1.54, 1.807) is 20.1 Å². The highest BCUT2D eigenvalue weighted by atomic mass is 16.5. The van der Waals surface area contributed by atoms with Crippen LogP contribution in [0.3, 0.4) is 0 Å². The van der Waals surface area contributed by atoms with Crippen molar-refractivity contribution < 1.29 is 9.84 Å². The Bertz CT molecular complexity index is 339. The quantitative estimate of drug-likeness (QED) is 0.777. The average molecular weight is 211 g/mol. The van der Waals surface area contributed by atoms with Crippen molar-refractivity contribution in [3.8, 4) is 5.88 Å². The van der Waals surface area contributed by atoms with E-state index in [0.717, 1.165) is 0 Å². The van der Waals surface area contributed by atoms with Crippen LogP contribution in [0, 0.1) is 6.92 Å². The van der Waals surface area contributed by atoms with Gasteiger partial charge in [-0.15, -0.1) is 0 Å². The van der Waals surface area contributed by atoms with Crippen LogP contribution in [-0.2, 0) is 0 Å². The number of hydrogen-bond donors (Lipinski definition) is 2. The molecule has 0 aliphatic rings. The third-order valence-electron chi connectivity index (χ3n) is 1.89. The Kier molecular flexibility index (Phi) is 3.47. The third-order valence-corrected chi connectivity index (χ3v) is 1.89. The second-order valence-electron chi connectivity index (χ2n) is 4.01. The van der Waals surface area contributed by atoms with E-state index in [1.165, 1.54) is 0 Å². The van der Waals surface area contributed by atoms with Crippen molar-refractivity contribution in [3.63, 3.8) is 0 Å². The van der Waals surface area contributed by atoms with Crippen LogP contribution in [0.1, 0.15) is 19.7 Å². The zero-order valence-corrected chi connectivity index (χ0v) is 9.53. The van der Waals surface area contributed by atoms with E-state index in [2.05, 4.69) is 15.3 Å². The second kappa shape index (κ2) is 4.44. The van der Waals surface area contributed by atoms with Crippen LogP contribution in [0.5, 0.6) is 5.88 Å². The predicted octanol–water partition coefficient (Wildman–Crippen LogP) is 0.976. The third kappa shape index (κ3) is 3.36. The Labute approximate surface area is 89.5 Å². The van der Waals surface area contributed by atoms with Crippen LogP contribution in [0.15, 0.2) is 6.07 Å². The van der Waals surface area contributed by atoms with E-state index in [4.69, 9.17) is 9.84 Å². The van der Waals surface area contributed by atoms with Crippen molar-refractivity contribution in [1.82, 2.24) is 9.97 Å². The lowest BCUT2D eigenvalue weighted by molar-refractivity contribution is 0.233. The number of aromatic nitrogens is 2. The molecule has 1 rings (SSSR count). The van der Waals surface area contributed by atoms with Gasteiger partial charge >= 0.3 is 0 Å². The van der Waals surface area contributed by atoms with E-state index < -0.39 is 5.54 Å². The van der Waals surface area contributed by atoms with E-state index in [1.807, 2.05) is 13.8 Å². The van der Waals surface area contributed by atoms with Crippen LogP contribution in [-0.4, -0.2) is 34.3 Å². The van der Waals surface area contributed by atoms with Crippen LogP contribution in [0.2, 0.25) is 0 Å². The first-order chi connectivity index (χ1) is 6.96. The zero-order chi connectivity index (χ0) is 11.5. The fourth-order valence-electron chi connectivity index (χ4n) is 1.10. The molecule has 0 amide bonds. The van der Waals surface area contributed by atoms with Gasteiger partial charge in [-0.3, -0.25) is 0 Å². The minimum absolute atomic E-state index is 0.0262. The Balaban J connectivity index is 2.90. The molecule has 0 saturated heterocycles. The van der Waals surface area contributed by atoms with Crippen molar-refractivity contribution in [3.05, 3.63) is 11.9 Å². The zero-order valence-electron chi connectivity index (χ0n) is 9.53. The van der Waals surface area contributed by atoms with Gasteiger partial charge in [0, 0.05) is 6.07 Å². The van der Waals surface area contributed by atoms with Crippen LogP contribution in [0.4, 0.5) is 5.82 Å². The molecule has 5 heteroatoms. The first kappa shape index (κ1) is 11.7. The number of rotatable bonds is 4. The number of ether oxygens (including phenoxy) is 1. The van der Waals surface area contributed by atoms with Gasteiger partial charge in [-0.1, -0.05) is 0 Å². The standard InChI is InChI=1S/C10H17N3O2/c1-7-11-8(5-9(12-7)15-4)13-10(2,3)6-14/h5,14H,6H2,1-4H3,(H,11,12,13). The highest BCUT2D eigenvalue weighted by Crippen LogP contribution is 2.16. The summed E-state index contributed by atoms with van der Waals surface area (Å²) in [6.07, 6.45) is 0. The topological polar surface area (TPSA) is 67.3 Å². The molecule has 0 aliphatic carbocycles. The van der Waals surface area contributed by atoms with Crippen molar-refractivity contribution in [2.45, 2.75) is 26.3 Å². The molecule has 0 unspecified atom stereocenters. The maximum absolute atomic E-state index is 9.11. The van der Waals surface area contributed by atoms with Crippen LogP contribution in [0.25, 0.3) is 0 Å². The van der Waals surface area contributed by atoms with Crippen molar-refractivity contribution in [2.24, 2.45) is 0 Å². The second-order valence-corrected chi connectivity index (χ2v) is 4.01. The number of anilines is 1. The summed E-state index contributed by atoms with van der Waals surface area (Å²) in [5.41, 5.74) is -0.411. The number of nitrogens with zero attached hydrogens (tertiary/aromatic N) is 2. The SMILES string of the molecule is COc1cc(NC(C)(C)CO)nc(C)n1. The smallest absolute Gasteiger partial charge is 0.218 e. The number of hydrogen-bond acceptors (Lipinski definition) is 5. The number of aryl methyl sites for hydroxylation is 1. The fourth-order valence-corrected chi connectivity index (χ4v) is 1.10. The van der Waals surface area contributed by atoms with E-state index >= 15 is 0 Å². The number of nitrogens with one attached hydrogen (secondary N) is 1. The van der Waals surface area contributed by atoms with Gasteiger partial charge in [-0.2, -0.15) is 4.98 Å². The normalized spacial score (nSPS) is 11.3. The Morgan fingerprint density at radius 3 is 2.67 bits per heavy atom. The Morgan fingerprint density at radius 1 is 1.47 bits per heavy atom. The average Bonchev–Trinajstić information content (AvgIpc) is 2.16. The molecule has 0 aromatic carbocycles. The first-order valence-corrected chi connectivity index (χ1v) is 4.75. The number of methoxy groups -OCH3 is 1. The van der Waals surface area contributed by atoms with Gasteiger partial charge in [0.25, 0.3) is 0 Å². The molecule has 0 saturated carbocycles. The summed E-state index contributed by atoms with van der Waals surface area (Å²) in [5.74, 6) is 1.79. The van der Waals surface area contributed by atoms with Crippen molar-refractivity contribution >= 4 is 5.82 Å². The fraction of sp³-hybridized carbons (Fsp3) is 0.600. The molecule has 84 valence electrons. The van der Waals surface area contributed by atoms with Crippen molar-refractivity contribution in [1.29, 1.82) is 0 Å². The molecule has 2 N–H and O–H groups in total. The lowest BCUT2D eigenvalue weighted by Gasteiger charge is -2.24. The summed E-state index contributed by atoms with van der Waals surface area (Å²) in [4.78, 5) is 8.27. The summed E-state index contributed by atoms with van der Waals surface area (Å²) in [7, 11) is 1.56. The highest BCUT2D eigenvalue weighted by molar-refractivity contribution is 5.40. The van der Waals surface area contributed by atoms with Gasteiger partial charge in [-0.05, 0) is 20.8 Å². The van der Waals surface area contributed by atoms with Gasteiger partial charge in [-0.25, -0.2) is 4.98 Å². The molecule has 5 nitrogen and oxygen atoms in total. The summed E-state index contributed by atoms with van der Waals surface area (Å²) < 4.78 is 5.03. The molecule has 1 heterocycles. The van der Waals surface area contributed by atoms with Gasteiger partial charge in [0.05, 0.1) is 19.3 Å². The molecule has 1 aromatic heterocycles. The maximum Gasteiger partial charge on any atom is 0.218 e. The van der Waals surface area contributed by atoms with Crippen LogP contribution < -0.4 is 10.1 Å². The summed E-state index contributed by atoms with van der Waals surface area (Å²) in [6.45, 7) is 5.59. The number of aliphatic hydroxyl groups is 1. The summed E-state index contributed by atoms with van der Waals surface area (Å²) in [6, 6.07) is 1.70. The molecule has 0 spiro atoms. The molecular weight excluding hydrogens is 194 g/mol. The molecule has 1 aromatic rings. The summed E-state index contributed by atoms with van der Waals surface area (Å²) in [5, 5.41) is 12.2. The van der Waals surface area contributed by atoms with E-state index in [9.17, 15) is 0 Å². The lowest BCUT2D eigenvalue weighted by Crippen LogP contribution is -2.35. The minimum atomic E-state index is -0.411. The molecule has 0 atom stereocenters. The number of aliphatic hydroxyl groups excluding tert-OH is 1. The van der Waals surface area contributed by atoms with Gasteiger partial charge in [0.15, 0.2) is 0 Å². The molecule has 0 radical (unpaired) electrons. The largest absolute Gasteiger partial charge is 0.481 e. The minimum Gasteiger partial charge on any atom is -0.481 e. The van der Waals surface area contributed by atoms with Crippen LogP contribution >= 0.6 is 0 Å². The Morgan fingerprint density at radius 2 is 2.13 bits per heavy atom. The summed E-state index contributed by atoms with van der Waals surface area (Å²) >= 11 is 0. The van der Waals surface area contributed by atoms with Gasteiger partial charge in [0.1, 0.15) is 11.6 Å². The molecule has 0 fully saturated rings. The van der Waals surface area contributed by atoms with Crippen molar-refractivity contribution in [2.75, 3.05) is 19.0 Å². The monoisotopic (exact) mass is 211 g/mol. The maximum atomic E-state index is 9.11. The van der Waals surface area contributed by atoms with E-state index in [0.29, 0.717) is 17.5 Å². The highest BCUT2D eigenvalue weighted by Gasteiger charge is 2.17. The molecule has 15 heavy (non-hydrogen) atoms. The molecule has 0 aliphatic heterocycles. The molecule has 0 bridgehead atoms. The first-order valence-electron chi connectivity index (χ1n) is 4.75.